The number of carbonyl (C=O) groups excluding carboxylic acids is 2. The zero-order valence-corrected chi connectivity index (χ0v) is 7.64. The summed E-state index contributed by atoms with van der Waals surface area (Å²) in [4.78, 5) is 21.6. The molecule has 12 heavy (non-hydrogen) atoms. The largest absolute Gasteiger partial charge is 0.355 e. The van der Waals surface area contributed by atoms with Crippen molar-refractivity contribution in [2.45, 2.75) is 26.7 Å². The van der Waals surface area contributed by atoms with Gasteiger partial charge in [-0.25, -0.2) is 0 Å². The number of rotatable bonds is 5. The van der Waals surface area contributed by atoms with Gasteiger partial charge in [-0.1, -0.05) is 13.8 Å². The van der Waals surface area contributed by atoms with E-state index in [9.17, 15) is 9.59 Å². The van der Waals surface area contributed by atoms with Crippen molar-refractivity contribution in [2.24, 2.45) is 0 Å². The van der Waals surface area contributed by atoms with Gasteiger partial charge in [-0.2, -0.15) is 0 Å². The summed E-state index contributed by atoms with van der Waals surface area (Å²) in [5.41, 5.74) is 0. The molecule has 0 aliphatic rings. The van der Waals surface area contributed by atoms with Gasteiger partial charge in [0.25, 0.3) is 0 Å². The first-order valence-corrected chi connectivity index (χ1v) is 4.24. The van der Waals surface area contributed by atoms with E-state index in [1.54, 1.807) is 6.92 Å². The molecule has 2 N–H and O–H groups in total. The number of amides is 2. The van der Waals surface area contributed by atoms with Gasteiger partial charge in [0.05, 0.1) is 6.54 Å². The van der Waals surface area contributed by atoms with E-state index in [0.29, 0.717) is 13.0 Å². The molecule has 0 radical (unpaired) electrons. The van der Waals surface area contributed by atoms with Gasteiger partial charge in [0.2, 0.25) is 11.8 Å². The quantitative estimate of drug-likeness (QED) is 0.615. The maximum atomic E-state index is 10.9. The molecule has 0 heterocycles. The standard InChI is InChI=1S/C8H16N2O2/c1-3-5-9-8(12)6-10-7(11)4-2/h3-6H2,1-2H3,(H,9,12)(H,10,11). The van der Waals surface area contributed by atoms with Gasteiger partial charge in [0.15, 0.2) is 0 Å². The average molecular weight is 172 g/mol. The van der Waals surface area contributed by atoms with E-state index in [2.05, 4.69) is 10.6 Å². The summed E-state index contributed by atoms with van der Waals surface area (Å²) in [7, 11) is 0. The zero-order chi connectivity index (χ0) is 9.40. The van der Waals surface area contributed by atoms with Gasteiger partial charge in [-0.15, -0.1) is 0 Å². The molecule has 0 spiro atoms. The molecule has 0 unspecified atom stereocenters. The van der Waals surface area contributed by atoms with Gasteiger partial charge in [0.1, 0.15) is 0 Å². The van der Waals surface area contributed by atoms with Crippen molar-refractivity contribution in [1.29, 1.82) is 0 Å². The summed E-state index contributed by atoms with van der Waals surface area (Å²) < 4.78 is 0. The number of nitrogens with one attached hydrogen (secondary N) is 2. The number of carbonyl (C=O) groups is 2. The fourth-order valence-electron chi connectivity index (χ4n) is 0.631. The summed E-state index contributed by atoms with van der Waals surface area (Å²) >= 11 is 0. The Kier molecular flexibility index (Phi) is 6.05. The van der Waals surface area contributed by atoms with Crippen molar-refractivity contribution in [2.75, 3.05) is 13.1 Å². The molecule has 0 bridgehead atoms. The Labute approximate surface area is 72.7 Å². The van der Waals surface area contributed by atoms with E-state index in [0.717, 1.165) is 6.42 Å². The number of hydrogen-bond acceptors (Lipinski definition) is 2. The third-order valence-corrected chi connectivity index (χ3v) is 1.34. The molecule has 0 saturated carbocycles. The Bertz CT molecular complexity index is 157. The second kappa shape index (κ2) is 6.64. The Hall–Kier alpha value is -1.06. The lowest BCUT2D eigenvalue weighted by Crippen LogP contribution is -2.36. The summed E-state index contributed by atoms with van der Waals surface area (Å²) in [5.74, 6) is -0.222. The van der Waals surface area contributed by atoms with Crippen molar-refractivity contribution < 1.29 is 9.59 Å². The molecule has 0 atom stereocenters. The summed E-state index contributed by atoms with van der Waals surface area (Å²) in [6.45, 7) is 4.48. The van der Waals surface area contributed by atoms with Crippen LogP contribution in [0.2, 0.25) is 0 Å². The van der Waals surface area contributed by atoms with Crippen molar-refractivity contribution >= 4 is 11.8 Å². The molecular weight excluding hydrogens is 156 g/mol. The molecule has 0 saturated heterocycles. The maximum Gasteiger partial charge on any atom is 0.239 e. The van der Waals surface area contributed by atoms with E-state index in [1.807, 2.05) is 6.92 Å². The first-order chi connectivity index (χ1) is 5.70. The molecule has 4 nitrogen and oxygen atoms in total. The molecule has 0 aromatic heterocycles. The van der Waals surface area contributed by atoms with Crippen molar-refractivity contribution in [3.05, 3.63) is 0 Å². The number of hydrogen-bond donors (Lipinski definition) is 2. The van der Waals surface area contributed by atoms with Crippen LogP contribution < -0.4 is 10.6 Å². The molecule has 0 aliphatic heterocycles. The van der Waals surface area contributed by atoms with Gasteiger partial charge < -0.3 is 10.6 Å². The zero-order valence-electron chi connectivity index (χ0n) is 7.64. The normalized spacial score (nSPS) is 9.17. The van der Waals surface area contributed by atoms with Crippen LogP contribution in [0.3, 0.4) is 0 Å². The highest BCUT2D eigenvalue weighted by Gasteiger charge is 2.01. The van der Waals surface area contributed by atoms with E-state index >= 15 is 0 Å². The van der Waals surface area contributed by atoms with Crippen LogP contribution >= 0.6 is 0 Å². The minimum atomic E-state index is -0.126. The fraction of sp³-hybridized carbons (Fsp3) is 0.750. The summed E-state index contributed by atoms with van der Waals surface area (Å²) in [6, 6.07) is 0. The minimum Gasteiger partial charge on any atom is -0.355 e. The lowest BCUT2D eigenvalue weighted by Gasteiger charge is -2.03. The fourth-order valence-corrected chi connectivity index (χ4v) is 0.631. The molecule has 0 rings (SSSR count). The third kappa shape index (κ3) is 5.70. The highest BCUT2D eigenvalue weighted by molar-refractivity contribution is 5.84. The molecular formula is C8H16N2O2. The molecule has 4 heteroatoms. The van der Waals surface area contributed by atoms with Gasteiger partial charge in [-0.3, -0.25) is 9.59 Å². The first-order valence-electron chi connectivity index (χ1n) is 4.24. The van der Waals surface area contributed by atoms with E-state index in [1.165, 1.54) is 0 Å². The van der Waals surface area contributed by atoms with Crippen LogP contribution in [0.5, 0.6) is 0 Å². The predicted molar refractivity (Wildman–Crippen MR) is 46.6 cm³/mol. The topological polar surface area (TPSA) is 58.2 Å². The van der Waals surface area contributed by atoms with Crippen molar-refractivity contribution in [1.82, 2.24) is 10.6 Å². The molecule has 0 aliphatic carbocycles. The van der Waals surface area contributed by atoms with Crippen LogP contribution in [-0.2, 0) is 9.59 Å². The highest BCUT2D eigenvalue weighted by Crippen LogP contribution is 1.75. The molecule has 0 aromatic rings. The maximum absolute atomic E-state index is 10.9. The molecule has 0 fully saturated rings. The Morgan fingerprint density at radius 1 is 1.08 bits per heavy atom. The average Bonchev–Trinajstić information content (AvgIpc) is 2.10. The van der Waals surface area contributed by atoms with Crippen LogP contribution in [0.1, 0.15) is 26.7 Å². The lowest BCUT2D eigenvalue weighted by atomic mass is 10.4. The van der Waals surface area contributed by atoms with E-state index in [4.69, 9.17) is 0 Å². The molecule has 0 aromatic carbocycles. The highest BCUT2D eigenvalue weighted by atomic mass is 16.2. The van der Waals surface area contributed by atoms with Gasteiger partial charge in [-0.05, 0) is 6.42 Å². The Morgan fingerprint density at radius 2 is 1.75 bits per heavy atom. The van der Waals surface area contributed by atoms with Crippen LogP contribution in [0.4, 0.5) is 0 Å². The Balaban J connectivity index is 3.37. The van der Waals surface area contributed by atoms with Crippen LogP contribution in [0.15, 0.2) is 0 Å². The second-order valence-electron chi connectivity index (χ2n) is 2.48. The second-order valence-corrected chi connectivity index (χ2v) is 2.48. The van der Waals surface area contributed by atoms with Crippen molar-refractivity contribution in [3.63, 3.8) is 0 Å². The van der Waals surface area contributed by atoms with Gasteiger partial charge >= 0.3 is 0 Å². The van der Waals surface area contributed by atoms with Crippen LogP contribution in [0.25, 0.3) is 0 Å². The lowest BCUT2D eigenvalue weighted by molar-refractivity contribution is -0.125. The van der Waals surface area contributed by atoms with Crippen LogP contribution in [-0.4, -0.2) is 24.9 Å². The van der Waals surface area contributed by atoms with E-state index < -0.39 is 0 Å². The van der Waals surface area contributed by atoms with Gasteiger partial charge in [0, 0.05) is 13.0 Å². The minimum absolute atomic E-state index is 0.0900. The summed E-state index contributed by atoms with van der Waals surface area (Å²) in [5, 5.41) is 5.15. The van der Waals surface area contributed by atoms with Crippen molar-refractivity contribution in [3.8, 4) is 0 Å². The van der Waals surface area contributed by atoms with E-state index in [-0.39, 0.29) is 18.4 Å². The molecule has 70 valence electrons. The molecule has 2 amide bonds. The SMILES string of the molecule is CCCNC(=O)CNC(=O)CC. The first kappa shape index (κ1) is 10.9. The smallest absolute Gasteiger partial charge is 0.239 e. The summed E-state index contributed by atoms with van der Waals surface area (Å²) in [6.07, 6.45) is 1.33. The van der Waals surface area contributed by atoms with Crippen LogP contribution in [0, 0.1) is 0 Å². The monoisotopic (exact) mass is 172 g/mol. The predicted octanol–water partition coefficient (Wildman–Crippen LogP) is 0.0388. The third-order valence-electron chi connectivity index (χ3n) is 1.34. The Morgan fingerprint density at radius 3 is 2.25 bits per heavy atom.